The van der Waals surface area contributed by atoms with Crippen LogP contribution in [0, 0.1) is 22.5 Å². The van der Waals surface area contributed by atoms with Gasteiger partial charge in [-0.15, -0.1) is 0 Å². The maximum Gasteiger partial charge on any atom is 0.229 e. The van der Waals surface area contributed by atoms with Gasteiger partial charge in [0.05, 0.1) is 52.3 Å². The number of oxazole rings is 2. The number of hydrogen-bond acceptors (Lipinski definition) is 14. The average molecular weight is 1460 g/mol. The maximum atomic E-state index is 13.2. The number of nitrogens with zero attached hydrogens (tertiary/aromatic N) is 4. The second-order valence-electron chi connectivity index (χ2n) is 24.3. The molecule has 494 valence electrons. The predicted molar refractivity (Wildman–Crippen MR) is 372 cm³/mol. The number of aromatic nitrogens is 4. The summed E-state index contributed by atoms with van der Waals surface area (Å²) < 4.78 is 67.0. The summed E-state index contributed by atoms with van der Waals surface area (Å²) in [5.74, 6) is 3.10. The van der Waals surface area contributed by atoms with Crippen molar-refractivity contribution in [3.8, 4) is 46.0 Å². The standard InChI is InChI=1S/C32H25FN2O5.C29H23BrFNO4.3C4H9.C3H2NO.CH4.Sn/c1-38-28-19-26-24(18-25(28)31-35-14-15-39-31)27(10-13-34-26)40-23-8-4-21(5-9-23)17-30(37)32(11-12-32)29(36)16-20-2-6-22(33)7-3-20;1-35-26-17-24-22(16-23(26)30)25(10-13-32-24)36-21-8-4-19(5-9-21)15-28(34)29(11-12-29)27(33)14-18-2-6-20(31)7-3-18;3*1-3-4-2;1-2-5-3-4-1;;/h2-10,13-15,18-19H,11-12,16-17H2,1H3;2-10,13,16-17H,11-12,14-15H2,1H3;3*1,3-4H2,2H3;1-2H;1H4;. The van der Waals surface area contributed by atoms with Crippen LogP contribution < -0.4 is 22.9 Å². The Balaban J connectivity index is 0.000000178. The number of carbonyl (C=O) groups is 4. The van der Waals surface area contributed by atoms with Crippen molar-refractivity contribution in [2.24, 2.45) is 10.8 Å². The summed E-state index contributed by atoms with van der Waals surface area (Å²) in [7, 11) is 3.18. The number of benzene rings is 6. The van der Waals surface area contributed by atoms with E-state index in [1.807, 2.05) is 66.9 Å². The topological polar surface area (TPSA) is 183 Å². The van der Waals surface area contributed by atoms with Crippen molar-refractivity contribution in [3.63, 3.8) is 0 Å². The SMILES string of the molecule is C.CCC[CH2][Sn]([CH2]CCC)([CH2]CCC)[c]1ncco1.COc1cc2nccc(Oc3ccc(CC(=O)C4(C(=O)Cc5ccc(F)cc5)CC4)cc3)c2cc1-c1ncco1.COc1cc2nccc(Oc3ccc(CC(=O)C4(C(=O)Cc5ccc(F)cc5)CC4)cc3)c2cc1Br. The number of methoxy groups -OCH3 is 2. The van der Waals surface area contributed by atoms with Gasteiger partial charge in [0.2, 0.25) is 5.89 Å². The summed E-state index contributed by atoms with van der Waals surface area (Å²) in [6, 6.07) is 37.2. The van der Waals surface area contributed by atoms with E-state index in [0.717, 1.165) is 37.5 Å². The van der Waals surface area contributed by atoms with Gasteiger partial charge in [0.1, 0.15) is 52.4 Å². The van der Waals surface area contributed by atoms with Crippen LogP contribution in [0.5, 0.6) is 34.5 Å². The van der Waals surface area contributed by atoms with Gasteiger partial charge in [0.25, 0.3) is 0 Å². The zero-order valence-electron chi connectivity index (χ0n) is 53.7. The number of halogens is 3. The molecule has 12 rings (SSSR count). The number of rotatable bonds is 29. The van der Waals surface area contributed by atoms with E-state index in [0.29, 0.717) is 82.7 Å². The van der Waals surface area contributed by atoms with Crippen molar-refractivity contribution in [2.45, 2.75) is 131 Å². The van der Waals surface area contributed by atoms with Crippen LogP contribution in [0.3, 0.4) is 0 Å². The van der Waals surface area contributed by atoms with Gasteiger partial charge in [-0.2, -0.15) is 0 Å². The molecule has 0 spiro atoms. The van der Waals surface area contributed by atoms with Gasteiger partial charge in [0.15, 0.2) is 23.1 Å². The Hall–Kier alpha value is -8.42. The Morgan fingerprint density at radius 1 is 0.484 bits per heavy atom. The largest absolute Gasteiger partial charge is 0.496 e. The van der Waals surface area contributed by atoms with E-state index in [-0.39, 0.29) is 67.9 Å². The van der Waals surface area contributed by atoms with Crippen molar-refractivity contribution >= 4 is 83.2 Å². The molecule has 0 bridgehead atoms. The molecular weight excluding hydrogens is 1380 g/mol. The van der Waals surface area contributed by atoms with Crippen LogP contribution in [0.25, 0.3) is 33.3 Å². The van der Waals surface area contributed by atoms with E-state index in [9.17, 15) is 28.0 Å². The summed E-state index contributed by atoms with van der Waals surface area (Å²) in [6.07, 6.45) is 20.9. The minimum absolute atomic E-state index is 0. The molecule has 0 N–H and O–H groups in total. The number of Topliss-reactive ketones (excluding diaryl/α,β-unsaturated/α-hetero) is 4. The third-order valence-corrected chi connectivity index (χ3v) is 32.9. The van der Waals surface area contributed by atoms with Gasteiger partial charge in [-0.05, 0) is 137 Å². The first-order valence-electron chi connectivity index (χ1n) is 32.2. The number of carbonyl (C=O) groups excluding carboxylic acids is 4. The molecule has 95 heavy (non-hydrogen) atoms. The molecule has 0 amide bonds. The molecule has 0 saturated heterocycles. The fourth-order valence-electron chi connectivity index (χ4n) is 11.9. The summed E-state index contributed by atoms with van der Waals surface area (Å²) in [5.41, 5.74) is 3.32. The minimum Gasteiger partial charge on any atom is -0.496 e. The Bertz CT molecular complexity index is 4180. The molecule has 4 aromatic heterocycles. The van der Waals surface area contributed by atoms with Crippen molar-refractivity contribution < 1.29 is 55.7 Å². The molecule has 2 fully saturated rings. The van der Waals surface area contributed by atoms with Crippen molar-refractivity contribution in [1.82, 2.24) is 19.9 Å². The smallest absolute Gasteiger partial charge is 0.229 e. The fourth-order valence-corrected chi connectivity index (χ4v) is 27.1. The molecule has 0 atom stereocenters. The van der Waals surface area contributed by atoms with Crippen LogP contribution in [0.1, 0.15) is 115 Å². The van der Waals surface area contributed by atoms with Gasteiger partial charge in [-0.1, -0.05) is 56.0 Å². The Kier molecular flexibility index (Phi) is 24.5. The fraction of sp³-hybridized carbons (Fsp3) is 0.325. The quantitative estimate of drug-likeness (QED) is 0.0319. The van der Waals surface area contributed by atoms with E-state index >= 15 is 0 Å². The number of hydrogen-bond donors (Lipinski definition) is 0. The molecule has 0 aliphatic heterocycles. The van der Waals surface area contributed by atoms with Gasteiger partial charge in [0, 0.05) is 61.0 Å². The summed E-state index contributed by atoms with van der Waals surface area (Å²) in [6.45, 7) is 6.89. The van der Waals surface area contributed by atoms with E-state index in [4.69, 9.17) is 27.8 Å². The van der Waals surface area contributed by atoms with Crippen LogP contribution >= 0.6 is 15.9 Å². The van der Waals surface area contributed by atoms with Crippen LogP contribution in [-0.2, 0) is 44.9 Å². The monoisotopic (exact) mass is 1460 g/mol. The number of unbranched alkanes of at least 4 members (excludes halogenated alkanes) is 3. The third kappa shape index (κ3) is 17.5. The third-order valence-electron chi connectivity index (χ3n) is 17.8. The first kappa shape index (κ1) is 70.9. The summed E-state index contributed by atoms with van der Waals surface area (Å²) >= 11 is 1.19. The molecule has 2 aliphatic carbocycles. The second kappa shape index (κ2) is 32.8. The van der Waals surface area contributed by atoms with Crippen molar-refractivity contribution in [3.05, 3.63) is 209 Å². The van der Waals surface area contributed by atoms with Gasteiger partial charge < -0.3 is 23.4 Å². The molecular formula is C77H81BrF2N4O10Sn. The molecule has 4 heterocycles. The first-order chi connectivity index (χ1) is 45.6. The van der Waals surface area contributed by atoms with Crippen LogP contribution in [0.4, 0.5) is 8.78 Å². The van der Waals surface area contributed by atoms with E-state index in [1.165, 1.54) is 86.3 Å². The molecule has 6 aromatic carbocycles. The molecule has 0 unspecified atom stereocenters. The van der Waals surface area contributed by atoms with E-state index < -0.39 is 29.2 Å². The van der Waals surface area contributed by atoms with Gasteiger partial charge in [-0.3, -0.25) is 29.1 Å². The molecule has 10 aromatic rings. The van der Waals surface area contributed by atoms with E-state index in [1.54, 1.807) is 87.6 Å². The molecule has 0 radical (unpaired) electrons. The number of pyridine rings is 2. The van der Waals surface area contributed by atoms with Gasteiger partial charge in [-0.25, -0.2) is 13.8 Å². The zero-order valence-corrected chi connectivity index (χ0v) is 58.1. The van der Waals surface area contributed by atoms with Crippen molar-refractivity contribution in [2.75, 3.05) is 14.2 Å². The number of fused-ring (bicyclic) bond motifs is 2. The summed E-state index contributed by atoms with van der Waals surface area (Å²) in [4.78, 5) is 69.7. The molecule has 2 saturated carbocycles. The Morgan fingerprint density at radius 2 is 0.874 bits per heavy atom. The summed E-state index contributed by atoms with van der Waals surface area (Å²) in [5, 5.41) is 1.59. The Labute approximate surface area is 566 Å². The van der Waals surface area contributed by atoms with Gasteiger partial charge >= 0.3 is 117 Å². The van der Waals surface area contributed by atoms with Crippen molar-refractivity contribution in [1.29, 1.82) is 0 Å². The minimum atomic E-state index is -2.31. The zero-order chi connectivity index (χ0) is 66.2. The van der Waals surface area contributed by atoms with E-state index in [2.05, 4.69) is 56.6 Å². The molecule has 18 heteroatoms. The number of ether oxygens (including phenoxy) is 4. The maximum absolute atomic E-state index is 13.2. The Morgan fingerprint density at radius 3 is 1.24 bits per heavy atom. The number of ketones is 4. The molecule has 14 nitrogen and oxygen atoms in total. The second-order valence-corrected chi connectivity index (χ2v) is 37.9. The normalized spacial score (nSPS) is 13.3. The predicted octanol–water partition coefficient (Wildman–Crippen LogP) is 18.5. The van der Waals surface area contributed by atoms with Crippen LogP contribution in [-0.4, -0.2) is 75.7 Å². The molecule has 2 aliphatic rings. The van der Waals surface area contributed by atoms with Crippen LogP contribution in [0.15, 0.2) is 184 Å². The van der Waals surface area contributed by atoms with Crippen LogP contribution in [0.2, 0.25) is 13.3 Å². The average Bonchev–Trinajstić information content (AvgIpc) is 1.65. The first-order valence-corrected chi connectivity index (χ1v) is 40.4.